The molecule has 0 aromatic carbocycles. The Morgan fingerprint density at radius 1 is 1.30 bits per heavy atom. The summed E-state index contributed by atoms with van der Waals surface area (Å²) in [6, 6.07) is 0.395. The summed E-state index contributed by atoms with van der Waals surface area (Å²) in [5.41, 5.74) is 0. The van der Waals surface area contributed by atoms with Crippen LogP contribution in [0.2, 0.25) is 0 Å². The van der Waals surface area contributed by atoms with Gasteiger partial charge in [0.25, 0.3) is 0 Å². The van der Waals surface area contributed by atoms with Crippen LogP contribution < -0.4 is 4.90 Å². The Balaban J connectivity index is 1.80. The lowest BCUT2D eigenvalue weighted by atomic mass is 9.97. The van der Waals surface area contributed by atoms with Crippen LogP contribution >= 0.6 is 0 Å². The fraction of sp³-hybridized carbons (Fsp3) is 0.571. The van der Waals surface area contributed by atoms with Gasteiger partial charge in [0, 0.05) is 37.4 Å². The van der Waals surface area contributed by atoms with Gasteiger partial charge in [0.15, 0.2) is 0 Å². The van der Waals surface area contributed by atoms with Crippen LogP contribution in [0.5, 0.6) is 0 Å². The number of aromatic nitrogens is 5. The zero-order valence-corrected chi connectivity index (χ0v) is 12.0. The Morgan fingerprint density at radius 2 is 2.20 bits per heavy atom. The van der Waals surface area contributed by atoms with Crippen molar-refractivity contribution in [3.05, 3.63) is 30.7 Å². The van der Waals surface area contributed by atoms with Crippen molar-refractivity contribution in [3.63, 3.8) is 0 Å². The largest absolute Gasteiger partial charge is 0.355 e. The van der Waals surface area contributed by atoms with Gasteiger partial charge in [0.05, 0.1) is 6.20 Å². The predicted molar refractivity (Wildman–Crippen MR) is 76.6 cm³/mol. The lowest BCUT2D eigenvalue weighted by molar-refractivity contribution is 0.453. The van der Waals surface area contributed by atoms with Crippen molar-refractivity contribution in [1.29, 1.82) is 0 Å². The second-order valence-electron chi connectivity index (χ2n) is 5.54. The molecule has 6 heteroatoms. The maximum Gasteiger partial charge on any atom is 0.147 e. The van der Waals surface area contributed by atoms with Crippen LogP contribution in [0, 0.1) is 0 Å². The molecule has 0 N–H and O–H groups in total. The summed E-state index contributed by atoms with van der Waals surface area (Å²) in [6.07, 6.45) is 9.42. The number of nitrogens with zero attached hydrogens (tertiary/aromatic N) is 6. The number of hydrogen-bond donors (Lipinski definition) is 0. The third-order valence-electron chi connectivity index (χ3n) is 3.82. The maximum atomic E-state index is 4.40. The summed E-state index contributed by atoms with van der Waals surface area (Å²) < 4.78 is 2.17. The molecule has 0 saturated carbocycles. The summed E-state index contributed by atoms with van der Waals surface area (Å²) >= 11 is 0. The molecule has 1 aliphatic heterocycles. The van der Waals surface area contributed by atoms with Gasteiger partial charge in [0.1, 0.15) is 18.0 Å². The minimum atomic E-state index is 0.395. The molecular formula is C14H20N6. The third-order valence-corrected chi connectivity index (χ3v) is 3.82. The van der Waals surface area contributed by atoms with E-state index in [4.69, 9.17) is 0 Å². The molecule has 6 nitrogen and oxygen atoms in total. The fourth-order valence-electron chi connectivity index (χ4n) is 2.79. The molecule has 0 amide bonds. The van der Waals surface area contributed by atoms with E-state index in [1.807, 2.05) is 12.5 Å². The summed E-state index contributed by atoms with van der Waals surface area (Å²) in [4.78, 5) is 10.8. The van der Waals surface area contributed by atoms with Gasteiger partial charge in [-0.15, -0.1) is 10.2 Å². The van der Waals surface area contributed by atoms with Crippen molar-refractivity contribution in [3.8, 4) is 0 Å². The SMILES string of the molecule is CC(C)n1cnnc1C1CCCN(c2cnccn2)C1. The number of rotatable bonds is 3. The van der Waals surface area contributed by atoms with E-state index in [1.165, 1.54) is 0 Å². The van der Waals surface area contributed by atoms with Gasteiger partial charge in [-0.25, -0.2) is 4.98 Å². The van der Waals surface area contributed by atoms with Gasteiger partial charge in [-0.1, -0.05) is 0 Å². The number of piperidine rings is 1. The van der Waals surface area contributed by atoms with Crippen LogP contribution in [0.4, 0.5) is 5.82 Å². The van der Waals surface area contributed by atoms with Crippen LogP contribution in [-0.4, -0.2) is 37.8 Å². The highest BCUT2D eigenvalue weighted by atomic mass is 15.3. The molecule has 2 aromatic rings. The molecule has 0 spiro atoms. The molecule has 20 heavy (non-hydrogen) atoms. The summed E-state index contributed by atoms with van der Waals surface area (Å²) in [5, 5.41) is 8.42. The second-order valence-corrected chi connectivity index (χ2v) is 5.54. The first kappa shape index (κ1) is 13.0. The molecule has 1 fully saturated rings. The van der Waals surface area contributed by atoms with Gasteiger partial charge in [-0.3, -0.25) is 4.98 Å². The van der Waals surface area contributed by atoms with E-state index in [2.05, 4.69) is 43.5 Å². The summed E-state index contributed by atoms with van der Waals surface area (Å²) in [6.45, 7) is 6.29. The van der Waals surface area contributed by atoms with E-state index < -0.39 is 0 Å². The fourth-order valence-corrected chi connectivity index (χ4v) is 2.79. The Morgan fingerprint density at radius 3 is 2.95 bits per heavy atom. The van der Waals surface area contributed by atoms with Crippen molar-refractivity contribution in [2.45, 2.75) is 38.6 Å². The van der Waals surface area contributed by atoms with Gasteiger partial charge in [-0.05, 0) is 26.7 Å². The molecular weight excluding hydrogens is 252 g/mol. The van der Waals surface area contributed by atoms with Crippen LogP contribution in [0.1, 0.15) is 44.5 Å². The molecule has 1 saturated heterocycles. The molecule has 1 atom stereocenters. The van der Waals surface area contributed by atoms with Crippen molar-refractivity contribution in [2.75, 3.05) is 18.0 Å². The monoisotopic (exact) mass is 272 g/mol. The van der Waals surface area contributed by atoms with Crippen LogP contribution in [0.25, 0.3) is 0 Å². The summed E-state index contributed by atoms with van der Waals surface area (Å²) in [7, 11) is 0. The lowest BCUT2D eigenvalue weighted by Gasteiger charge is -2.33. The quantitative estimate of drug-likeness (QED) is 0.855. The standard InChI is InChI=1S/C14H20N6/c1-11(2)20-10-17-18-14(20)12-4-3-7-19(9-12)13-8-15-5-6-16-13/h5-6,8,10-12H,3-4,7,9H2,1-2H3. The predicted octanol–water partition coefficient (Wildman–Crippen LogP) is 2.03. The van der Waals surface area contributed by atoms with Crippen LogP contribution in [0.15, 0.2) is 24.9 Å². The third kappa shape index (κ3) is 2.50. The molecule has 106 valence electrons. The molecule has 0 aliphatic carbocycles. The second kappa shape index (κ2) is 5.56. The molecule has 3 rings (SSSR count). The molecule has 0 bridgehead atoms. The first-order valence-electron chi connectivity index (χ1n) is 7.16. The van der Waals surface area contributed by atoms with Crippen LogP contribution in [-0.2, 0) is 0 Å². The Bertz CT molecular complexity index is 550. The Labute approximate surface area is 118 Å². The van der Waals surface area contributed by atoms with E-state index in [-0.39, 0.29) is 0 Å². The highest BCUT2D eigenvalue weighted by Gasteiger charge is 2.26. The maximum absolute atomic E-state index is 4.40. The van der Waals surface area contributed by atoms with E-state index in [0.29, 0.717) is 12.0 Å². The number of hydrogen-bond acceptors (Lipinski definition) is 5. The summed E-state index contributed by atoms with van der Waals surface area (Å²) in [5.74, 6) is 2.46. The Kier molecular flexibility index (Phi) is 3.62. The zero-order valence-electron chi connectivity index (χ0n) is 12.0. The van der Waals surface area contributed by atoms with Gasteiger partial charge >= 0.3 is 0 Å². The normalized spacial score (nSPS) is 19.6. The average Bonchev–Trinajstić information content (AvgIpc) is 2.98. The van der Waals surface area contributed by atoms with Gasteiger partial charge in [-0.2, -0.15) is 0 Å². The highest BCUT2D eigenvalue weighted by molar-refractivity contribution is 5.36. The van der Waals surface area contributed by atoms with Crippen molar-refractivity contribution >= 4 is 5.82 Å². The highest BCUT2D eigenvalue weighted by Crippen LogP contribution is 2.28. The van der Waals surface area contributed by atoms with Gasteiger partial charge < -0.3 is 9.47 Å². The van der Waals surface area contributed by atoms with E-state index >= 15 is 0 Å². The molecule has 2 aromatic heterocycles. The van der Waals surface area contributed by atoms with E-state index in [1.54, 1.807) is 12.4 Å². The van der Waals surface area contributed by atoms with Gasteiger partial charge in [0.2, 0.25) is 0 Å². The number of anilines is 1. The smallest absolute Gasteiger partial charge is 0.147 e. The molecule has 3 heterocycles. The first-order valence-corrected chi connectivity index (χ1v) is 7.16. The van der Waals surface area contributed by atoms with Crippen LogP contribution in [0.3, 0.4) is 0 Å². The first-order chi connectivity index (χ1) is 9.75. The Hall–Kier alpha value is -1.98. The average molecular weight is 272 g/mol. The lowest BCUT2D eigenvalue weighted by Crippen LogP contribution is -2.36. The van der Waals surface area contributed by atoms with Crippen molar-refractivity contribution < 1.29 is 0 Å². The van der Waals surface area contributed by atoms with Crippen molar-refractivity contribution in [2.24, 2.45) is 0 Å². The molecule has 0 radical (unpaired) electrons. The molecule has 1 aliphatic rings. The van der Waals surface area contributed by atoms with Crippen molar-refractivity contribution in [1.82, 2.24) is 24.7 Å². The van der Waals surface area contributed by atoms with E-state index in [0.717, 1.165) is 37.6 Å². The minimum Gasteiger partial charge on any atom is -0.355 e. The molecule has 1 unspecified atom stereocenters. The minimum absolute atomic E-state index is 0.395. The zero-order chi connectivity index (χ0) is 13.9. The van der Waals surface area contributed by atoms with E-state index in [9.17, 15) is 0 Å². The topological polar surface area (TPSA) is 59.7 Å².